The minimum absolute atomic E-state index is 0.0812. The number of rotatable bonds is 5. The quantitative estimate of drug-likeness (QED) is 0.0734. The maximum Gasteiger partial charge on any atom is 0.235 e. The summed E-state index contributed by atoms with van der Waals surface area (Å²) in [5, 5.41) is 73.9. The molecular formula is C36H28O11. The number of fused-ring (bicyclic) bond motifs is 2. The average molecular weight is 637 g/mol. The van der Waals surface area contributed by atoms with Gasteiger partial charge in [-0.1, -0.05) is 17.7 Å². The molecule has 2 aliphatic heterocycles. The van der Waals surface area contributed by atoms with Gasteiger partial charge in [-0.05, 0) is 85.9 Å². The molecule has 0 bridgehead atoms. The van der Waals surface area contributed by atoms with Crippen molar-refractivity contribution in [1.29, 1.82) is 0 Å². The maximum absolute atomic E-state index is 13.5. The number of hydrogen-bond donors (Lipinski definition) is 7. The highest BCUT2D eigenvalue weighted by Gasteiger charge is 2.36. The zero-order chi connectivity index (χ0) is 33.9. The molecule has 0 aliphatic carbocycles. The molecule has 2 aliphatic rings. The van der Waals surface area contributed by atoms with E-state index >= 15 is 0 Å². The molecule has 11 nitrogen and oxygen atoms in total. The number of phenolic OH excluding ortho intramolecular Hbond substituents is 7. The monoisotopic (exact) mass is 636 g/mol. The lowest BCUT2D eigenvalue weighted by Gasteiger charge is -2.15. The Morgan fingerprint density at radius 1 is 0.660 bits per heavy atom. The van der Waals surface area contributed by atoms with Gasteiger partial charge in [0.2, 0.25) is 11.6 Å². The summed E-state index contributed by atoms with van der Waals surface area (Å²) in [7, 11) is 0. The van der Waals surface area contributed by atoms with Gasteiger partial charge in [0.25, 0.3) is 0 Å². The van der Waals surface area contributed by atoms with E-state index in [-0.39, 0.29) is 80.1 Å². The second-order valence-electron chi connectivity index (χ2n) is 11.4. The molecule has 0 spiro atoms. The van der Waals surface area contributed by atoms with Crippen molar-refractivity contribution < 1.29 is 54.8 Å². The van der Waals surface area contributed by atoms with Crippen LogP contribution < -0.4 is 9.47 Å². The standard InChI is InChI=1S/C36H28O11/c1-15(2)4-6-19-23(39)13-26-31(33(19)42)35(44)29(47-26)12-18-11-22(38)16(3)8-20(18)30-25(41)14-27-32(36(30)45)34(43)28(46-27)10-17-5-7-21(37)24(40)9-17/h4-5,7-14,37-42,45H,6H2,1-3H3. The summed E-state index contributed by atoms with van der Waals surface area (Å²) in [5.41, 5.74) is 1.33. The largest absolute Gasteiger partial charge is 0.508 e. The summed E-state index contributed by atoms with van der Waals surface area (Å²) in [5.74, 6) is -4.95. The summed E-state index contributed by atoms with van der Waals surface area (Å²) < 4.78 is 11.3. The van der Waals surface area contributed by atoms with Gasteiger partial charge >= 0.3 is 0 Å². The van der Waals surface area contributed by atoms with Crippen molar-refractivity contribution in [3.63, 3.8) is 0 Å². The Morgan fingerprint density at radius 3 is 1.91 bits per heavy atom. The van der Waals surface area contributed by atoms with E-state index in [1.54, 1.807) is 13.0 Å². The summed E-state index contributed by atoms with van der Waals surface area (Å²) in [4.78, 5) is 26.9. The van der Waals surface area contributed by atoms with Crippen molar-refractivity contribution in [2.24, 2.45) is 0 Å². The number of Topliss-reactive ketones (excluding diaryl/α,β-unsaturated/α-hetero) is 2. The second kappa shape index (κ2) is 11.2. The molecule has 0 saturated heterocycles. The van der Waals surface area contributed by atoms with Crippen LogP contribution in [0.15, 0.2) is 65.6 Å². The number of aromatic hydroxyl groups is 7. The van der Waals surface area contributed by atoms with Crippen LogP contribution >= 0.6 is 0 Å². The molecule has 6 rings (SSSR count). The van der Waals surface area contributed by atoms with Crippen LogP contribution in [0.4, 0.5) is 0 Å². The fourth-order valence-corrected chi connectivity index (χ4v) is 5.41. The minimum atomic E-state index is -0.731. The molecule has 7 N–H and O–H groups in total. The minimum Gasteiger partial charge on any atom is -0.508 e. The molecular weight excluding hydrogens is 608 g/mol. The molecule has 11 heteroatoms. The fourth-order valence-electron chi connectivity index (χ4n) is 5.41. The van der Waals surface area contributed by atoms with E-state index < -0.39 is 34.6 Å². The summed E-state index contributed by atoms with van der Waals surface area (Å²) >= 11 is 0. The number of ether oxygens (including phenoxy) is 2. The van der Waals surface area contributed by atoms with E-state index in [4.69, 9.17) is 9.47 Å². The lowest BCUT2D eigenvalue weighted by molar-refractivity contribution is 0.100. The van der Waals surface area contributed by atoms with Gasteiger partial charge in [0, 0.05) is 17.7 Å². The third kappa shape index (κ3) is 5.23. The number of hydrogen-bond acceptors (Lipinski definition) is 11. The van der Waals surface area contributed by atoms with E-state index in [0.717, 1.165) is 11.6 Å². The van der Waals surface area contributed by atoms with Crippen LogP contribution in [0.5, 0.6) is 51.7 Å². The van der Waals surface area contributed by atoms with Gasteiger partial charge in [0.05, 0.1) is 5.56 Å². The predicted octanol–water partition coefficient (Wildman–Crippen LogP) is 6.34. The molecule has 2 heterocycles. The topological polar surface area (TPSA) is 194 Å². The van der Waals surface area contributed by atoms with Gasteiger partial charge in [-0.3, -0.25) is 9.59 Å². The van der Waals surface area contributed by atoms with Crippen molar-refractivity contribution in [1.82, 2.24) is 0 Å². The second-order valence-corrected chi connectivity index (χ2v) is 11.4. The van der Waals surface area contributed by atoms with Crippen LogP contribution in [-0.2, 0) is 6.42 Å². The van der Waals surface area contributed by atoms with Crippen LogP contribution in [-0.4, -0.2) is 47.3 Å². The number of allylic oxidation sites excluding steroid dienone is 4. The molecule has 0 atom stereocenters. The molecule has 0 fully saturated rings. The Labute approximate surface area is 267 Å². The third-order valence-electron chi connectivity index (χ3n) is 7.87. The Kier molecular flexibility index (Phi) is 7.32. The highest BCUT2D eigenvalue weighted by molar-refractivity contribution is 6.18. The highest BCUT2D eigenvalue weighted by Crippen LogP contribution is 2.51. The fraction of sp³-hybridized carbons (Fsp3) is 0.111. The van der Waals surface area contributed by atoms with Crippen LogP contribution in [0.25, 0.3) is 23.3 Å². The van der Waals surface area contributed by atoms with Crippen molar-refractivity contribution in [3.8, 4) is 62.9 Å². The molecule has 0 aromatic heterocycles. The predicted molar refractivity (Wildman–Crippen MR) is 170 cm³/mol. The molecule has 0 radical (unpaired) electrons. The Bertz CT molecular complexity index is 2150. The van der Waals surface area contributed by atoms with E-state index in [1.165, 1.54) is 48.6 Å². The maximum atomic E-state index is 13.5. The van der Waals surface area contributed by atoms with Crippen LogP contribution in [0.1, 0.15) is 56.8 Å². The Morgan fingerprint density at radius 2 is 1.28 bits per heavy atom. The molecule has 4 aromatic carbocycles. The van der Waals surface area contributed by atoms with Gasteiger partial charge in [-0.2, -0.15) is 0 Å². The third-order valence-corrected chi connectivity index (χ3v) is 7.87. The van der Waals surface area contributed by atoms with Crippen molar-refractivity contribution >= 4 is 23.7 Å². The SMILES string of the molecule is CC(C)=CCc1c(O)cc2c(c1O)C(=O)C(=Cc1cc(O)c(C)cc1-c1c(O)cc3c(c1O)C(=O)C(=Cc1ccc(O)c(O)c1)O3)O2. The first-order valence-corrected chi connectivity index (χ1v) is 14.3. The summed E-state index contributed by atoms with van der Waals surface area (Å²) in [6.07, 6.45) is 4.48. The van der Waals surface area contributed by atoms with Gasteiger partial charge < -0.3 is 45.2 Å². The van der Waals surface area contributed by atoms with Gasteiger partial charge in [-0.25, -0.2) is 0 Å². The number of aryl methyl sites for hydroxylation is 1. The van der Waals surface area contributed by atoms with Gasteiger partial charge in [0.1, 0.15) is 51.4 Å². The molecule has 4 aromatic rings. The number of ketones is 2. The molecule has 0 unspecified atom stereocenters. The molecule has 0 saturated carbocycles. The first-order valence-electron chi connectivity index (χ1n) is 14.3. The van der Waals surface area contributed by atoms with Crippen LogP contribution in [0.3, 0.4) is 0 Å². The zero-order valence-corrected chi connectivity index (χ0v) is 25.2. The number of phenols is 7. The normalized spacial score (nSPS) is 15.0. The van der Waals surface area contributed by atoms with Crippen molar-refractivity contribution in [2.45, 2.75) is 27.2 Å². The van der Waals surface area contributed by atoms with E-state index in [9.17, 15) is 45.3 Å². The van der Waals surface area contributed by atoms with E-state index in [1.807, 2.05) is 13.8 Å². The van der Waals surface area contributed by atoms with Crippen molar-refractivity contribution in [3.05, 3.63) is 99.0 Å². The lowest BCUT2D eigenvalue weighted by atomic mass is 9.92. The van der Waals surface area contributed by atoms with E-state index in [2.05, 4.69) is 0 Å². The number of carbonyl (C=O) groups is 2. The number of benzene rings is 4. The van der Waals surface area contributed by atoms with Crippen molar-refractivity contribution in [2.75, 3.05) is 0 Å². The van der Waals surface area contributed by atoms with Gasteiger partial charge in [0.15, 0.2) is 23.0 Å². The molecule has 47 heavy (non-hydrogen) atoms. The molecule has 238 valence electrons. The van der Waals surface area contributed by atoms with Gasteiger partial charge in [-0.15, -0.1) is 0 Å². The van der Waals surface area contributed by atoms with Crippen LogP contribution in [0.2, 0.25) is 0 Å². The smallest absolute Gasteiger partial charge is 0.235 e. The molecule has 0 amide bonds. The highest BCUT2D eigenvalue weighted by atomic mass is 16.5. The zero-order valence-electron chi connectivity index (χ0n) is 25.2. The first kappa shape index (κ1) is 30.7. The lowest BCUT2D eigenvalue weighted by Crippen LogP contribution is -2.01. The van der Waals surface area contributed by atoms with Crippen LogP contribution in [0, 0.1) is 6.92 Å². The Balaban J connectivity index is 1.43. The number of carbonyl (C=O) groups excluding carboxylic acids is 2. The first-order chi connectivity index (χ1) is 22.2. The average Bonchev–Trinajstić information content (AvgIpc) is 3.47. The summed E-state index contributed by atoms with van der Waals surface area (Å²) in [6.45, 7) is 5.27. The summed E-state index contributed by atoms with van der Waals surface area (Å²) in [6, 6.07) is 8.94. The Hall–Kier alpha value is -6.36. The van der Waals surface area contributed by atoms with E-state index in [0.29, 0.717) is 11.1 Å².